The van der Waals surface area contributed by atoms with Crippen molar-refractivity contribution in [3.63, 3.8) is 0 Å². The number of morpholine rings is 1. The fourth-order valence-electron chi connectivity index (χ4n) is 3.96. The van der Waals surface area contributed by atoms with Crippen molar-refractivity contribution in [2.24, 2.45) is 0 Å². The van der Waals surface area contributed by atoms with Crippen LogP contribution in [-0.4, -0.2) is 73.6 Å². The molecule has 2 aliphatic heterocycles. The molecule has 2 heterocycles. The lowest BCUT2D eigenvalue weighted by Crippen LogP contribution is -2.52. The lowest BCUT2D eigenvalue weighted by molar-refractivity contribution is -0.137. The number of benzene rings is 1. The summed E-state index contributed by atoms with van der Waals surface area (Å²) in [5, 5.41) is 0. The molecule has 0 spiro atoms. The van der Waals surface area contributed by atoms with Gasteiger partial charge in [-0.25, -0.2) is 0 Å². The van der Waals surface area contributed by atoms with Crippen LogP contribution in [0.25, 0.3) is 0 Å². The molecule has 1 aromatic carbocycles. The summed E-state index contributed by atoms with van der Waals surface area (Å²) in [6.07, 6.45) is 1.32. The summed E-state index contributed by atoms with van der Waals surface area (Å²) < 4.78 is 5.38. The van der Waals surface area contributed by atoms with Crippen molar-refractivity contribution in [1.29, 1.82) is 0 Å². The standard InChI is InChI=1S/C21H31N3O3/c1-16-12-17(2)14-19(13-16)24-7-6-23(15-21(24)26)20(25)5-4-18(3)22-8-10-27-11-9-22/h12-14,18H,4-11,15H2,1-3H3/t18-/m0/s1. The zero-order chi connectivity index (χ0) is 19.4. The maximum absolute atomic E-state index is 12.6. The lowest BCUT2D eigenvalue weighted by atomic mass is 10.1. The van der Waals surface area contributed by atoms with E-state index >= 15 is 0 Å². The molecule has 27 heavy (non-hydrogen) atoms. The first-order valence-corrected chi connectivity index (χ1v) is 9.92. The highest BCUT2D eigenvalue weighted by Crippen LogP contribution is 2.21. The lowest BCUT2D eigenvalue weighted by Gasteiger charge is -2.35. The van der Waals surface area contributed by atoms with Gasteiger partial charge in [-0.2, -0.15) is 0 Å². The van der Waals surface area contributed by atoms with Gasteiger partial charge in [-0.15, -0.1) is 0 Å². The van der Waals surface area contributed by atoms with Gasteiger partial charge in [-0.1, -0.05) is 6.07 Å². The molecular weight excluding hydrogens is 342 g/mol. The van der Waals surface area contributed by atoms with Gasteiger partial charge in [-0.05, 0) is 50.5 Å². The van der Waals surface area contributed by atoms with Crippen molar-refractivity contribution in [2.45, 2.75) is 39.7 Å². The predicted octanol–water partition coefficient (Wildman–Crippen LogP) is 1.98. The summed E-state index contributed by atoms with van der Waals surface area (Å²) in [6, 6.07) is 6.53. The third-order valence-electron chi connectivity index (χ3n) is 5.54. The van der Waals surface area contributed by atoms with Crippen molar-refractivity contribution in [1.82, 2.24) is 9.80 Å². The van der Waals surface area contributed by atoms with Crippen LogP contribution in [0.3, 0.4) is 0 Å². The quantitative estimate of drug-likeness (QED) is 0.792. The monoisotopic (exact) mass is 373 g/mol. The van der Waals surface area contributed by atoms with Gasteiger partial charge in [0.1, 0.15) is 6.54 Å². The fraction of sp³-hybridized carbons (Fsp3) is 0.619. The normalized spacial score (nSPS) is 20.0. The number of piperazine rings is 1. The van der Waals surface area contributed by atoms with E-state index in [0.717, 1.165) is 49.5 Å². The van der Waals surface area contributed by atoms with Gasteiger partial charge in [0.2, 0.25) is 11.8 Å². The number of amides is 2. The Kier molecular flexibility index (Phi) is 6.50. The van der Waals surface area contributed by atoms with Gasteiger partial charge in [0.05, 0.1) is 13.2 Å². The number of nitrogens with zero attached hydrogens (tertiary/aromatic N) is 3. The third-order valence-corrected chi connectivity index (χ3v) is 5.54. The SMILES string of the molecule is Cc1cc(C)cc(N2CCN(C(=O)CC[C@H](C)N3CCOCC3)CC2=O)c1. The molecule has 2 amide bonds. The summed E-state index contributed by atoms with van der Waals surface area (Å²) in [4.78, 5) is 31.1. The largest absolute Gasteiger partial charge is 0.379 e. The molecule has 148 valence electrons. The van der Waals surface area contributed by atoms with Crippen molar-refractivity contribution in [3.05, 3.63) is 29.3 Å². The van der Waals surface area contributed by atoms with E-state index in [2.05, 4.69) is 17.9 Å². The van der Waals surface area contributed by atoms with E-state index in [1.807, 2.05) is 26.0 Å². The molecule has 0 saturated carbocycles. The minimum atomic E-state index is 0.000766. The number of carbonyl (C=O) groups excluding carboxylic acids is 2. The summed E-state index contributed by atoms with van der Waals surface area (Å²) in [5.41, 5.74) is 3.23. The predicted molar refractivity (Wildman–Crippen MR) is 106 cm³/mol. The average molecular weight is 373 g/mol. The highest BCUT2D eigenvalue weighted by molar-refractivity contribution is 5.98. The Labute approximate surface area is 162 Å². The molecule has 0 N–H and O–H groups in total. The molecule has 1 aromatic rings. The smallest absolute Gasteiger partial charge is 0.246 e. The van der Waals surface area contributed by atoms with Crippen LogP contribution in [0.2, 0.25) is 0 Å². The minimum absolute atomic E-state index is 0.000766. The van der Waals surface area contributed by atoms with Crippen molar-refractivity contribution >= 4 is 17.5 Å². The first-order chi connectivity index (χ1) is 12.9. The number of rotatable bonds is 5. The maximum Gasteiger partial charge on any atom is 0.246 e. The Morgan fingerprint density at radius 1 is 1.07 bits per heavy atom. The molecule has 6 nitrogen and oxygen atoms in total. The zero-order valence-electron chi connectivity index (χ0n) is 16.7. The Balaban J connectivity index is 1.51. The maximum atomic E-state index is 12.6. The highest BCUT2D eigenvalue weighted by Gasteiger charge is 2.28. The van der Waals surface area contributed by atoms with Gasteiger partial charge in [0, 0.05) is 44.3 Å². The van der Waals surface area contributed by atoms with Crippen molar-refractivity contribution in [3.8, 4) is 0 Å². The topological polar surface area (TPSA) is 53.1 Å². The van der Waals surface area contributed by atoms with Crippen LogP contribution in [0.1, 0.15) is 30.9 Å². The van der Waals surface area contributed by atoms with Crippen molar-refractivity contribution in [2.75, 3.05) is 50.8 Å². The Morgan fingerprint density at radius 3 is 2.37 bits per heavy atom. The molecule has 6 heteroatoms. The summed E-state index contributed by atoms with van der Waals surface area (Å²) in [7, 11) is 0. The van der Waals surface area contributed by atoms with E-state index in [-0.39, 0.29) is 18.4 Å². The molecule has 1 atom stereocenters. The second kappa shape index (κ2) is 8.85. The number of hydrogen-bond acceptors (Lipinski definition) is 4. The molecule has 2 aliphatic rings. The van der Waals surface area contributed by atoms with E-state index < -0.39 is 0 Å². The van der Waals surface area contributed by atoms with Gasteiger partial charge >= 0.3 is 0 Å². The van der Waals surface area contributed by atoms with Gasteiger partial charge in [-0.3, -0.25) is 14.5 Å². The Hall–Kier alpha value is -1.92. The number of carbonyl (C=O) groups is 2. The molecule has 2 fully saturated rings. The second-order valence-electron chi connectivity index (χ2n) is 7.74. The summed E-state index contributed by atoms with van der Waals surface area (Å²) >= 11 is 0. The number of anilines is 1. The average Bonchev–Trinajstić information content (AvgIpc) is 2.65. The van der Waals surface area contributed by atoms with Crippen LogP contribution in [0.5, 0.6) is 0 Å². The molecular formula is C21H31N3O3. The molecule has 0 aliphatic carbocycles. The van der Waals surface area contributed by atoms with E-state index in [4.69, 9.17) is 4.74 Å². The first-order valence-electron chi connectivity index (χ1n) is 9.92. The van der Waals surface area contributed by atoms with Crippen LogP contribution in [0.4, 0.5) is 5.69 Å². The van der Waals surface area contributed by atoms with Crippen molar-refractivity contribution < 1.29 is 14.3 Å². The van der Waals surface area contributed by atoms with Crippen LogP contribution < -0.4 is 4.90 Å². The fourth-order valence-corrected chi connectivity index (χ4v) is 3.96. The molecule has 2 saturated heterocycles. The molecule has 3 rings (SSSR count). The van der Waals surface area contributed by atoms with E-state index in [1.165, 1.54) is 0 Å². The van der Waals surface area contributed by atoms with Crippen LogP contribution in [0, 0.1) is 13.8 Å². The summed E-state index contributed by atoms with van der Waals surface area (Å²) in [6.45, 7) is 11.0. The Morgan fingerprint density at radius 2 is 1.74 bits per heavy atom. The van der Waals surface area contributed by atoms with Crippen LogP contribution in [-0.2, 0) is 14.3 Å². The molecule has 0 aromatic heterocycles. The highest BCUT2D eigenvalue weighted by atomic mass is 16.5. The van der Waals surface area contributed by atoms with E-state index in [0.29, 0.717) is 25.6 Å². The van der Waals surface area contributed by atoms with E-state index in [1.54, 1.807) is 9.80 Å². The first kappa shape index (κ1) is 19.8. The number of aryl methyl sites for hydroxylation is 2. The molecule has 0 bridgehead atoms. The number of ether oxygens (including phenoxy) is 1. The van der Waals surface area contributed by atoms with Crippen LogP contribution in [0.15, 0.2) is 18.2 Å². The molecule has 0 unspecified atom stereocenters. The van der Waals surface area contributed by atoms with E-state index in [9.17, 15) is 9.59 Å². The second-order valence-corrected chi connectivity index (χ2v) is 7.74. The zero-order valence-corrected chi connectivity index (χ0v) is 16.7. The minimum Gasteiger partial charge on any atom is -0.379 e. The summed E-state index contributed by atoms with van der Waals surface area (Å²) in [5.74, 6) is 0.0874. The third kappa shape index (κ3) is 5.08. The number of hydrogen-bond donors (Lipinski definition) is 0. The van der Waals surface area contributed by atoms with Gasteiger partial charge < -0.3 is 14.5 Å². The molecule has 0 radical (unpaired) electrons. The van der Waals surface area contributed by atoms with Gasteiger partial charge in [0.25, 0.3) is 0 Å². The van der Waals surface area contributed by atoms with Crippen LogP contribution >= 0.6 is 0 Å². The Bertz CT molecular complexity index is 665. The van der Waals surface area contributed by atoms with Gasteiger partial charge in [0.15, 0.2) is 0 Å².